The first-order valence-electron chi connectivity index (χ1n) is 10.6. The summed E-state index contributed by atoms with van der Waals surface area (Å²) < 4.78 is 34.9. The van der Waals surface area contributed by atoms with E-state index in [9.17, 15) is 9.18 Å². The lowest BCUT2D eigenvalue weighted by Crippen LogP contribution is -1.99. The van der Waals surface area contributed by atoms with E-state index in [-0.39, 0.29) is 17.8 Å². The zero-order valence-electron chi connectivity index (χ0n) is 19.8. The van der Waals surface area contributed by atoms with Gasteiger partial charge in [-0.15, -0.1) is 0 Å². The molecule has 0 unspecified atom stereocenters. The minimum Gasteiger partial charge on any atom is -0.493 e. The summed E-state index contributed by atoms with van der Waals surface area (Å²) in [5.41, 5.74) is 2.31. The Morgan fingerprint density at radius 1 is 0.886 bits per heavy atom. The highest BCUT2D eigenvalue weighted by Gasteiger charge is 2.13. The highest BCUT2D eigenvalue weighted by Crippen LogP contribution is 2.39. The predicted molar refractivity (Wildman–Crippen MR) is 137 cm³/mol. The molecule has 0 fully saturated rings. The monoisotopic (exact) mass is 497 g/mol. The molecule has 0 spiro atoms. The van der Waals surface area contributed by atoms with Crippen molar-refractivity contribution in [2.75, 3.05) is 28.4 Å². The SMILES string of the molecule is COc1cc(/C=C\c2cc(Cl)c(OC)c(N=CCC(=O)c3cccc(F)c3)c2)cc(OC)c1OC. The zero-order chi connectivity index (χ0) is 25.4. The van der Waals surface area contributed by atoms with Crippen LogP contribution in [0.1, 0.15) is 27.9 Å². The molecule has 0 aliphatic carbocycles. The molecular formula is C27H25ClFNO5. The topological polar surface area (TPSA) is 66.4 Å². The van der Waals surface area contributed by atoms with Crippen LogP contribution >= 0.6 is 11.6 Å². The van der Waals surface area contributed by atoms with Gasteiger partial charge in [0.1, 0.15) is 11.5 Å². The highest BCUT2D eigenvalue weighted by atomic mass is 35.5. The molecule has 0 radical (unpaired) electrons. The Hall–Kier alpha value is -3.84. The summed E-state index contributed by atoms with van der Waals surface area (Å²) in [5, 5.41) is 0.364. The van der Waals surface area contributed by atoms with E-state index in [1.807, 2.05) is 24.3 Å². The Labute approximate surface area is 208 Å². The average Bonchev–Trinajstić information content (AvgIpc) is 2.86. The first-order valence-corrected chi connectivity index (χ1v) is 10.9. The average molecular weight is 498 g/mol. The van der Waals surface area contributed by atoms with E-state index in [2.05, 4.69) is 4.99 Å². The maximum Gasteiger partial charge on any atom is 0.203 e. The van der Waals surface area contributed by atoms with Crippen LogP contribution in [0.15, 0.2) is 53.5 Å². The fourth-order valence-corrected chi connectivity index (χ4v) is 3.69. The summed E-state index contributed by atoms with van der Waals surface area (Å²) in [6, 6.07) is 12.7. The number of aliphatic imine (C=N–C) groups is 1. The van der Waals surface area contributed by atoms with Gasteiger partial charge < -0.3 is 18.9 Å². The standard InChI is InChI=1S/C27H25ClFNO5/c1-32-24-14-18(15-25(33-2)27(24)35-4)9-8-17-12-21(28)26(34-3)22(13-17)30-11-10-23(31)19-6-5-7-20(29)16-19/h5-9,11-16H,10H2,1-4H3/b9-8-,30-11?. The Bertz CT molecular complexity index is 1250. The minimum atomic E-state index is -0.465. The van der Waals surface area contributed by atoms with Crippen molar-refractivity contribution in [2.45, 2.75) is 6.42 Å². The van der Waals surface area contributed by atoms with Crippen LogP contribution in [0.2, 0.25) is 5.02 Å². The van der Waals surface area contributed by atoms with Crippen LogP contribution in [0.3, 0.4) is 0 Å². The quantitative estimate of drug-likeness (QED) is 0.178. The van der Waals surface area contributed by atoms with Crippen molar-refractivity contribution in [3.05, 3.63) is 76.1 Å². The van der Waals surface area contributed by atoms with Gasteiger partial charge >= 0.3 is 0 Å². The fraction of sp³-hybridized carbons (Fsp3) is 0.185. The van der Waals surface area contributed by atoms with Crippen molar-refractivity contribution in [3.8, 4) is 23.0 Å². The smallest absolute Gasteiger partial charge is 0.203 e. The van der Waals surface area contributed by atoms with Crippen molar-refractivity contribution >= 4 is 41.4 Å². The lowest BCUT2D eigenvalue weighted by molar-refractivity contribution is 0.100. The number of ketones is 1. The molecule has 0 atom stereocenters. The number of ether oxygens (including phenoxy) is 4. The number of carbonyl (C=O) groups is 1. The van der Waals surface area contributed by atoms with Gasteiger partial charge in [0.2, 0.25) is 5.75 Å². The molecular weight excluding hydrogens is 473 g/mol. The third kappa shape index (κ3) is 6.39. The number of nitrogens with zero attached hydrogens (tertiary/aromatic N) is 1. The largest absolute Gasteiger partial charge is 0.493 e. The van der Waals surface area contributed by atoms with Crippen molar-refractivity contribution < 1.29 is 28.1 Å². The van der Waals surface area contributed by atoms with Crippen molar-refractivity contribution in [3.63, 3.8) is 0 Å². The lowest BCUT2D eigenvalue weighted by atomic mass is 10.1. The van der Waals surface area contributed by atoms with E-state index >= 15 is 0 Å². The van der Waals surface area contributed by atoms with E-state index in [4.69, 9.17) is 30.5 Å². The Morgan fingerprint density at radius 2 is 1.51 bits per heavy atom. The van der Waals surface area contributed by atoms with Gasteiger partial charge in [-0.05, 0) is 47.5 Å². The molecule has 6 nitrogen and oxygen atoms in total. The number of hydrogen-bond donors (Lipinski definition) is 0. The number of rotatable bonds is 10. The second kappa shape index (κ2) is 12.0. The van der Waals surface area contributed by atoms with Gasteiger partial charge in [-0.3, -0.25) is 9.79 Å². The molecule has 0 aliphatic heterocycles. The number of halogens is 2. The molecule has 0 amide bonds. The minimum absolute atomic E-state index is 0.00424. The van der Waals surface area contributed by atoms with Crippen molar-refractivity contribution in [1.29, 1.82) is 0 Å². The number of methoxy groups -OCH3 is 4. The van der Waals surface area contributed by atoms with Crippen LogP contribution in [0.5, 0.6) is 23.0 Å². The Kier molecular flexibility index (Phi) is 8.86. The molecule has 0 saturated carbocycles. The van der Waals surface area contributed by atoms with E-state index in [1.165, 1.54) is 31.5 Å². The molecule has 3 aromatic carbocycles. The van der Waals surface area contributed by atoms with Gasteiger partial charge in [0, 0.05) is 18.2 Å². The van der Waals surface area contributed by atoms with Crippen LogP contribution < -0.4 is 18.9 Å². The van der Waals surface area contributed by atoms with E-state index in [1.54, 1.807) is 39.5 Å². The molecule has 0 N–H and O–H groups in total. The maximum atomic E-state index is 13.4. The van der Waals surface area contributed by atoms with Crippen LogP contribution in [0.4, 0.5) is 10.1 Å². The molecule has 0 saturated heterocycles. The first kappa shape index (κ1) is 25.8. The molecule has 8 heteroatoms. The van der Waals surface area contributed by atoms with Gasteiger partial charge in [-0.2, -0.15) is 0 Å². The van der Waals surface area contributed by atoms with Gasteiger partial charge in [0.25, 0.3) is 0 Å². The van der Waals surface area contributed by atoms with Crippen LogP contribution in [-0.4, -0.2) is 40.4 Å². The Morgan fingerprint density at radius 3 is 2.09 bits per heavy atom. The van der Waals surface area contributed by atoms with E-state index in [0.29, 0.717) is 33.7 Å². The fourth-order valence-electron chi connectivity index (χ4n) is 3.39. The maximum absolute atomic E-state index is 13.4. The Balaban J connectivity index is 1.86. The predicted octanol–water partition coefficient (Wildman–Crippen LogP) is 6.66. The van der Waals surface area contributed by atoms with E-state index < -0.39 is 5.82 Å². The number of carbonyl (C=O) groups excluding carboxylic acids is 1. The zero-order valence-corrected chi connectivity index (χ0v) is 20.6. The summed E-state index contributed by atoms with van der Waals surface area (Å²) in [5.74, 6) is 1.24. The van der Waals surface area contributed by atoms with Crippen molar-refractivity contribution in [1.82, 2.24) is 0 Å². The number of hydrogen-bond acceptors (Lipinski definition) is 6. The summed E-state index contributed by atoms with van der Waals surface area (Å²) in [7, 11) is 6.14. The molecule has 0 aliphatic rings. The van der Waals surface area contributed by atoms with Crippen LogP contribution in [-0.2, 0) is 0 Å². The second-order valence-corrected chi connectivity index (χ2v) is 7.70. The molecule has 182 valence electrons. The first-order chi connectivity index (χ1) is 16.9. The molecule has 3 aromatic rings. The van der Waals surface area contributed by atoms with Gasteiger partial charge in [-0.25, -0.2) is 4.39 Å². The third-order valence-corrected chi connectivity index (χ3v) is 5.34. The van der Waals surface area contributed by atoms with Gasteiger partial charge in [-0.1, -0.05) is 35.9 Å². The third-order valence-electron chi connectivity index (χ3n) is 5.06. The van der Waals surface area contributed by atoms with Crippen molar-refractivity contribution in [2.24, 2.45) is 4.99 Å². The summed E-state index contributed by atoms with van der Waals surface area (Å²) in [4.78, 5) is 16.7. The lowest BCUT2D eigenvalue weighted by Gasteiger charge is -2.13. The second-order valence-electron chi connectivity index (χ2n) is 7.30. The van der Waals surface area contributed by atoms with Crippen LogP contribution in [0, 0.1) is 5.82 Å². The number of benzene rings is 3. The molecule has 0 heterocycles. The summed E-state index contributed by atoms with van der Waals surface area (Å²) in [6.45, 7) is 0. The molecule has 0 aromatic heterocycles. The summed E-state index contributed by atoms with van der Waals surface area (Å²) in [6.07, 6.45) is 5.16. The number of Topliss-reactive ketones (excluding diaryl/α,β-unsaturated/α-hetero) is 1. The van der Waals surface area contributed by atoms with Crippen LogP contribution in [0.25, 0.3) is 12.2 Å². The molecule has 35 heavy (non-hydrogen) atoms. The molecule has 0 bridgehead atoms. The van der Waals surface area contributed by atoms with E-state index in [0.717, 1.165) is 11.1 Å². The molecule has 3 rings (SSSR count). The summed E-state index contributed by atoms with van der Waals surface area (Å²) >= 11 is 6.41. The highest BCUT2D eigenvalue weighted by molar-refractivity contribution is 6.32. The van der Waals surface area contributed by atoms with Gasteiger partial charge in [0.05, 0.1) is 33.5 Å². The van der Waals surface area contributed by atoms with Gasteiger partial charge in [0.15, 0.2) is 23.0 Å². The normalized spacial score (nSPS) is 11.1.